The summed E-state index contributed by atoms with van der Waals surface area (Å²) in [5.41, 5.74) is 0. The molecule has 3 aliphatic rings. The van der Waals surface area contributed by atoms with Gasteiger partial charge in [0.1, 0.15) is 6.04 Å². The fourth-order valence-electron chi connectivity index (χ4n) is 6.04. The minimum atomic E-state index is -0.305. The summed E-state index contributed by atoms with van der Waals surface area (Å²) in [6.07, 6.45) is 7.78. The van der Waals surface area contributed by atoms with Gasteiger partial charge in [0.05, 0.1) is 6.04 Å². The summed E-state index contributed by atoms with van der Waals surface area (Å²) < 4.78 is 0. The lowest BCUT2D eigenvalue weighted by molar-refractivity contribution is -0.150. The van der Waals surface area contributed by atoms with Gasteiger partial charge in [-0.1, -0.05) is 34.6 Å². The highest BCUT2D eigenvalue weighted by molar-refractivity contribution is 5.90. The van der Waals surface area contributed by atoms with Crippen molar-refractivity contribution < 1.29 is 9.59 Å². The van der Waals surface area contributed by atoms with Gasteiger partial charge in [0.15, 0.2) is 0 Å². The van der Waals surface area contributed by atoms with Crippen LogP contribution in [0.15, 0.2) is 0 Å². The van der Waals surface area contributed by atoms with E-state index in [-0.39, 0.29) is 23.9 Å². The van der Waals surface area contributed by atoms with Crippen molar-refractivity contribution in [3.63, 3.8) is 0 Å². The van der Waals surface area contributed by atoms with E-state index in [1.807, 2.05) is 4.90 Å². The maximum Gasteiger partial charge on any atom is 0.245 e. The normalized spacial score (nSPS) is 26.9. The number of nitrogens with one attached hydrogen (secondary N) is 1. The summed E-state index contributed by atoms with van der Waals surface area (Å²) in [5, 5.41) is 3.39. The highest BCUT2D eigenvalue weighted by atomic mass is 16.2. The molecular weight excluding hydrogens is 412 g/mol. The number of piperidine rings is 2. The second-order valence-corrected chi connectivity index (χ2v) is 11.9. The molecule has 3 fully saturated rings. The van der Waals surface area contributed by atoms with Crippen LogP contribution in [0, 0.1) is 23.7 Å². The molecule has 0 bridgehead atoms. The summed E-state index contributed by atoms with van der Waals surface area (Å²) in [7, 11) is 0. The SMILES string of the molecule is CC(C)CC(C(=O)N1CCC(CCN2CCC[C@@H](C)C2)CC1)N1CCN[C@@H](CC(C)C)C1=O. The second-order valence-electron chi connectivity index (χ2n) is 11.9. The van der Waals surface area contributed by atoms with Crippen molar-refractivity contribution in [1.82, 2.24) is 20.0 Å². The lowest BCUT2D eigenvalue weighted by atomic mass is 9.91. The monoisotopic (exact) mass is 462 g/mol. The summed E-state index contributed by atoms with van der Waals surface area (Å²) in [6.45, 7) is 17.8. The first-order chi connectivity index (χ1) is 15.7. The zero-order valence-corrected chi connectivity index (χ0v) is 22.0. The Morgan fingerprint density at radius 1 is 1.03 bits per heavy atom. The Balaban J connectivity index is 1.54. The van der Waals surface area contributed by atoms with Crippen molar-refractivity contribution >= 4 is 11.8 Å². The molecule has 3 atom stereocenters. The van der Waals surface area contributed by atoms with Gasteiger partial charge in [-0.15, -0.1) is 0 Å². The van der Waals surface area contributed by atoms with E-state index in [2.05, 4.69) is 49.7 Å². The predicted molar refractivity (Wildman–Crippen MR) is 135 cm³/mol. The number of carbonyl (C=O) groups is 2. The fraction of sp³-hybridized carbons (Fsp3) is 0.926. The minimum Gasteiger partial charge on any atom is -0.341 e. The van der Waals surface area contributed by atoms with Crippen molar-refractivity contribution in [3.8, 4) is 0 Å². The zero-order valence-electron chi connectivity index (χ0n) is 22.0. The quantitative estimate of drug-likeness (QED) is 0.569. The largest absolute Gasteiger partial charge is 0.341 e. The summed E-state index contributed by atoms with van der Waals surface area (Å²) in [6, 6.07) is -0.454. The Hall–Kier alpha value is -1.14. The third-order valence-corrected chi connectivity index (χ3v) is 7.91. The molecule has 0 spiro atoms. The van der Waals surface area contributed by atoms with Gasteiger partial charge in [0.2, 0.25) is 11.8 Å². The van der Waals surface area contributed by atoms with E-state index in [0.29, 0.717) is 18.4 Å². The molecule has 0 aromatic carbocycles. The molecular formula is C27H50N4O2. The molecule has 33 heavy (non-hydrogen) atoms. The molecule has 1 N–H and O–H groups in total. The highest BCUT2D eigenvalue weighted by Crippen LogP contribution is 2.26. The molecule has 1 unspecified atom stereocenters. The van der Waals surface area contributed by atoms with E-state index in [1.54, 1.807) is 0 Å². The number of hydrogen-bond donors (Lipinski definition) is 1. The van der Waals surface area contributed by atoms with Crippen LogP contribution >= 0.6 is 0 Å². The van der Waals surface area contributed by atoms with Crippen LogP contribution < -0.4 is 5.32 Å². The maximum atomic E-state index is 13.7. The van der Waals surface area contributed by atoms with Gasteiger partial charge in [0.25, 0.3) is 0 Å². The molecule has 0 aromatic rings. The Labute approximate surface area is 202 Å². The lowest BCUT2D eigenvalue weighted by Gasteiger charge is -2.42. The number of carbonyl (C=O) groups excluding carboxylic acids is 2. The average molecular weight is 463 g/mol. The third kappa shape index (κ3) is 7.68. The van der Waals surface area contributed by atoms with Crippen molar-refractivity contribution in [2.24, 2.45) is 23.7 Å². The van der Waals surface area contributed by atoms with Crippen molar-refractivity contribution in [1.29, 1.82) is 0 Å². The van der Waals surface area contributed by atoms with E-state index in [1.165, 1.54) is 38.9 Å². The first-order valence-electron chi connectivity index (χ1n) is 13.8. The number of amides is 2. The average Bonchev–Trinajstić information content (AvgIpc) is 2.77. The Kier molecular flexibility index (Phi) is 10.0. The summed E-state index contributed by atoms with van der Waals surface area (Å²) >= 11 is 0. The molecule has 0 radical (unpaired) electrons. The molecule has 3 rings (SSSR count). The maximum absolute atomic E-state index is 13.7. The molecule has 3 saturated heterocycles. The first kappa shape index (κ1) is 26.5. The van der Waals surface area contributed by atoms with Crippen LogP contribution in [0.25, 0.3) is 0 Å². The van der Waals surface area contributed by atoms with Crippen LogP contribution in [-0.2, 0) is 9.59 Å². The van der Waals surface area contributed by atoms with Gasteiger partial charge in [-0.05, 0) is 81.7 Å². The van der Waals surface area contributed by atoms with Gasteiger partial charge in [-0.3, -0.25) is 9.59 Å². The standard InChI is InChI=1S/C27H50N4O2/c1-20(2)17-24-26(32)31(16-11-28-24)25(18-21(3)4)27(33)30-14-9-23(10-15-30)8-13-29-12-6-7-22(5)19-29/h20-25,28H,6-19H2,1-5H3/t22-,24+,25?/m1/s1. The minimum absolute atomic E-state index is 0.125. The van der Waals surface area contributed by atoms with E-state index in [4.69, 9.17) is 0 Å². The van der Waals surface area contributed by atoms with Crippen molar-refractivity contribution in [3.05, 3.63) is 0 Å². The van der Waals surface area contributed by atoms with E-state index >= 15 is 0 Å². The summed E-state index contributed by atoms with van der Waals surface area (Å²) in [5.74, 6) is 2.72. The number of nitrogens with zero attached hydrogens (tertiary/aromatic N) is 3. The molecule has 0 saturated carbocycles. The van der Waals surface area contributed by atoms with Crippen molar-refractivity contribution in [2.75, 3.05) is 45.8 Å². The van der Waals surface area contributed by atoms with Crippen LogP contribution in [0.5, 0.6) is 0 Å². The Morgan fingerprint density at radius 3 is 2.39 bits per heavy atom. The van der Waals surface area contributed by atoms with E-state index < -0.39 is 0 Å². The highest BCUT2D eigenvalue weighted by Gasteiger charge is 2.39. The molecule has 3 heterocycles. The molecule has 0 aliphatic carbocycles. The molecule has 0 aromatic heterocycles. The van der Waals surface area contributed by atoms with Crippen LogP contribution in [0.3, 0.4) is 0 Å². The van der Waals surface area contributed by atoms with Gasteiger partial charge in [-0.2, -0.15) is 0 Å². The first-order valence-corrected chi connectivity index (χ1v) is 13.8. The Bertz CT molecular complexity index is 630. The second kappa shape index (κ2) is 12.5. The molecule has 2 amide bonds. The number of rotatable bonds is 9. The van der Waals surface area contributed by atoms with Gasteiger partial charge >= 0.3 is 0 Å². The van der Waals surface area contributed by atoms with Gasteiger partial charge in [-0.25, -0.2) is 0 Å². The fourth-order valence-corrected chi connectivity index (χ4v) is 6.04. The van der Waals surface area contributed by atoms with Gasteiger partial charge in [0, 0.05) is 32.7 Å². The molecule has 3 aliphatic heterocycles. The van der Waals surface area contributed by atoms with Crippen LogP contribution in [0.2, 0.25) is 0 Å². The van der Waals surface area contributed by atoms with Crippen LogP contribution in [-0.4, -0.2) is 84.4 Å². The number of likely N-dealkylation sites (tertiary alicyclic amines) is 2. The number of hydrogen-bond acceptors (Lipinski definition) is 4. The smallest absolute Gasteiger partial charge is 0.245 e. The molecule has 6 heteroatoms. The summed E-state index contributed by atoms with van der Waals surface area (Å²) in [4.78, 5) is 33.6. The molecule has 190 valence electrons. The third-order valence-electron chi connectivity index (χ3n) is 7.91. The zero-order chi connectivity index (χ0) is 24.0. The van der Waals surface area contributed by atoms with E-state index in [0.717, 1.165) is 57.2 Å². The van der Waals surface area contributed by atoms with E-state index in [9.17, 15) is 9.59 Å². The van der Waals surface area contributed by atoms with Crippen molar-refractivity contribution in [2.45, 2.75) is 91.6 Å². The van der Waals surface area contributed by atoms with Crippen LogP contribution in [0.1, 0.15) is 79.6 Å². The van der Waals surface area contributed by atoms with Gasteiger partial charge < -0.3 is 20.0 Å². The number of piperazine rings is 1. The Morgan fingerprint density at radius 2 is 1.76 bits per heavy atom. The topological polar surface area (TPSA) is 55.9 Å². The predicted octanol–water partition coefficient (Wildman–Crippen LogP) is 3.61. The molecule has 6 nitrogen and oxygen atoms in total. The lowest BCUT2D eigenvalue weighted by Crippen LogP contribution is -2.62. The van der Waals surface area contributed by atoms with Crippen LogP contribution in [0.4, 0.5) is 0 Å².